The predicted molar refractivity (Wildman–Crippen MR) is 70.1 cm³/mol. The topological polar surface area (TPSA) is 86.5 Å². The van der Waals surface area contributed by atoms with E-state index in [1.54, 1.807) is 19.9 Å². The Morgan fingerprint density at radius 2 is 2.00 bits per heavy atom. The number of hydrogen-bond acceptors (Lipinski definition) is 5. The molecule has 0 aliphatic rings. The van der Waals surface area contributed by atoms with Crippen LogP contribution < -0.4 is 5.73 Å². The molecule has 5 nitrogen and oxygen atoms in total. The molecule has 1 rings (SSSR count). The highest BCUT2D eigenvalue weighted by atomic mass is 32.2. The zero-order valence-corrected chi connectivity index (χ0v) is 11.5. The molecule has 0 spiro atoms. The number of hydrogen-bond donors (Lipinski definition) is 1. The predicted octanol–water partition coefficient (Wildman–Crippen LogP) is 1.30. The second-order valence-corrected chi connectivity index (χ2v) is 6.24. The first-order valence-corrected chi connectivity index (χ1v) is 7.55. The van der Waals surface area contributed by atoms with Gasteiger partial charge >= 0.3 is 5.97 Å². The van der Waals surface area contributed by atoms with Crippen molar-refractivity contribution in [3.63, 3.8) is 0 Å². The van der Waals surface area contributed by atoms with Crippen LogP contribution in [0.15, 0.2) is 12.1 Å². The number of benzene rings is 1. The molecule has 0 atom stereocenters. The Bertz CT molecular complexity index is 564. The van der Waals surface area contributed by atoms with Crippen molar-refractivity contribution in [1.82, 2.24) is 0 Å². The minimum Gasteiger partial charge on any atom is -0.462 e. The summed E-state index contributed by atoms with van der Waals surface area (Å²) in [6.07, 6.45) is 1.15. The summed E-state index contributed by atoms with van der Waals surface area (Å²) in [7, 11) is -3.13. The molecule has 0 heterocycles. The van der Waals surface area contributed by atoms with Crippen LogP contribution in [-0.4, -0.2) is 27.2 Å². The summed E-state index contributed by atoms with van der Waals surface area (Å²) in [6.45, 7) is 3.67. The van der Waals surface area contributed by atoms with E-state index in [9.17, 15) is 13.2 Å². The third-order valence-corrected chi connectivity index (χ3v) is 3.38. The Morgan fingerprint density at radius 1 is 1.39 bits per heavy atom. The first-order chi connectivity index (χ1) is 8.26. The van der Waals surface area contributed by atoms with E-state index in [1.165, 1.54) is 6.07 Å². The number of sulfone groups is 1. The number of rotatable bonds is 4. The molecule has 100 valence electrons. The fraction of sp³-hybridized carbons (Fsp3) is 0.417. The first kappa shape index (κ1) is 14.5. The fourth-order valence-corrected chi connectivity index (χ4v) is 2.48. The monoisotopic (exact) mass is 271 g/mol. The maximum absolute atomic E-state index is 11.6. The van der Waals surface area contributed by atoms with Crippen molar-refractivity contribution in [3.8, 4) is 0 Å². The Balaban J connectivity index is 3.17. The molecule has 0 fully saturated rings. The van der Waals surface area contributed by atoms with Crippen molar-refractivity contribution in [1.29, 1.82) is 0 Å². The summed E-state index contributed by atoms with van der Waals surface area (Å²) >= 11 is 0. The number of carbonyl (C=O) groups is 1. The quantitative estimate of drug-likeness (QED) is 0.659. The largest absolute Gasteiger partial charge is 0.462 e. The van der Waals surface area contributed by atoms with Crippen molar-refractivity contribution in [2.45, 2.75) is 19.6 Å². The van der Waals surface area contributed by atoms with Gasteiger partial charge in [0, 0.05) is 11.9 Å². The Labute approximate surface area is 107 Å². The van der Waals surface area contributed by atoms with E-state index >= 15 is 0 Å². The molecule has 0 aromatic heterocycles. The SMILES string of the molecule is CCOC(=O)c1ccc(CS(C)(=O)=O)c(C)c1N. The van der Waals surface area contributed by atoms with Gasteiger partial charge in [-0.2, -0.15) is 0 Å². The molecule has 2 N–H and O–H groups in total. The fourth-order valence-electron chi connectivity index (χ4n) is 1.60. The van der Waals surface area contributed by atoms with Gasteiger partial charge in [-0.15, -0.1) is 0 Å². The van der Waals surface area contributed by atoms with Gasteiger partial charge in [-0.3, -0.25) is 0 Å². The zero-order chi connectivity index (χ0) is 13.9. The van der Waals surface area contributed by atoms with Crippen LogP contribution in [0.3, 0.4) is 0 Å². The average Bonchev–Trinajstić information content (AvgIpc) is 2.23. The molecule has 0 aliphatic carbocycles. The molecule has 6 heteroatoms. The number of carbonyl (C=O) groups excluding carboxylic acids is 1. The van der Waals surface area contributed by atoms with Crippen LogP contribution in [0.1, 0.15) is 28.4 Å². The van der Waals surface area contributed by atoms with E-state index in [2.05, 4.69) is 0 Å². The average molecular weight is 271 g/mol. The van der Waals surface area contributed by atoms with E-state index in [0.29, 0.717) is 11.1 Å². The molecule has 0 unspecified atom stereocenters. The Hall–Kier alpha value is -1.56. The molecular weight excluding hydrogens is 254 g/mol. The lowest BCUT2D eigenvalue weighted by Crippen LogP contribution is -2.11. The number of nitrogens with two attached hydrogens (primary N) is 1. The minimum absolute atomic E-state index is 0.0911. The normalized spacial score (nSPS) is 11.3. The van der Waals surface area contributed by atoms with Gasteiger partial charge in [0.25, 0.3) is 0 Å². The maximum Gasteiger partial charge on any atom is 0.340 e. The minimum atomic E-state index is -3.13. The molecule has 0 aliphatic heterocycles. The van der Waals surface area contributed by atoms with Crippen molar-refractivity contribution in [2.24, 2.45) is 0 Å². The standard InChI is InChI=1S/C12H17NO4S/c1-4-17-12(14)10-6-5-9(7-18(3,15)16)8(2)11(10)13/h5-6H,4,7,13H2,1-3H3. The van der Waals surface area contributed by atoms with Gasteiger partial charge in [-0.05, 0) is 31.0 Å². The van der Waals surface area contributed by atoms with Gasteiger partial charge in [-0.1, -0.05) is 6.07 Å². The molecule has 1 aromatic rings. The zero-order valence-electron chi connectivity index (χ0n) is 10.7. The lowest BCUT2D eigenvalue weighted by atomic mass is 10.0. The molecule has 0 saturated carbocycles. The molecule has 0 amide bonds. The van der Waals surface area contributed by atoms with E-state index in [0.717, 1.165) is 6.26 Å². The third kappa shape index (κ3) is 3.46. The third-order valence-electron chi connectivity index (χ3n) is 2.54. The van der Waals surface area contributed by atoms with Crippen molar-refractivity contribution in [3.05, 3.63) is 28.8 Å². The molecule has 0 saturated heterocycles. The van der Waals surface area contributed by atoms with Crippen molar-refractivity contribution >= 4 is 21.5 Å². The van der Waals surface area contributed by atoms with Gasteiger partial charge in [0.15, 0.2) is 9.84 Å². The van der Waals surface area contributed by atoms with Crippen LogP contribution in [0, 0.1) is 6.92 Å². The van der Waals surface area contributed by atoms with Gasteiger partial charge in [0.2, 0.25) is 0 Å². The van der Waals surface area contributed by atoms with E-state index < -0.39 is 15.8 Å². The van der Waals surface area contributed by atoms with Gasteiger partial charge in [-0.25, -0.2) is 13.2 Å². The van der Waals surface area contributed by atoms with Crippen LogP contribution in [0.4, 0.5) is 5.69 Å². The molecule has 18 heavy (non-hydrogen) atoms. The second kappa shape index (κ2) is 5.39. The first-order valence-electron chi connectivity index (χ1n) is 5.49. The molecule has 0 bridgehead atoms. The van der Waals surface area contributed by atoms with Crippen LogP contribution in [-0.2, 0) is 20.3 Å². The highest BCUT2D eigenvalue weighted by Crippen LogP contribution is 2.23. The summed E-state index contributed by atoms with van der Waals surface area (Å²) in [5.74, 6) is -0.587. The lowest BCUT2D eigenvalue weighted by Gasteiger charge is -2.11. The van der Waals surface area contributed by atoms with Crippen LogP contribution in [0.25, 0.3) is 0 Å². The highest BCUT2D eigenvalue weighted by molar-refractivity contribution is 7.89. The summed E-state index contributed by atoms with van der Waals surface area (Å²) in [4.78, 5) is 11.6. The summed E-state index contributed by atoms with van der Waals surface area (Å²) in [5.41, 5.74) is 7.58. The molecular formula is C12H17NO4S. The van der Waals surface area contributed by atoms with Gasteiger partial charge in [0.05, 0.1) is 17.9 Å². The molecule has 1 aromatic carbocycles. The second-order valence-electron chi connectivity index (χ2n) is 4.10. The van der Waals surface area contributed by atoms with E-state index in [4.69, 9.17) is 10.5 Å². The van der Waals surface area contributed by atoms with Crippen molar-refractivity contribution < 1.29 is 17.9 Å². The molecule has 0 radical (unpaired) electrons. The number of nitrogen functional groups attached to an aromatic ring is 1. The van der Waals surface area contributed by atoms with Gasteiger partial charge in [0.1, 0.15) is 0 Å². The van der Waals surface area contributed by atoms with Gasteiger partial charge < -0.3 is 10.5 Å². The van der Waals surface area contributed by atoms with E-state index in [1.807, 2.05) is 0 Å². The van der Waals surface area contributed by atoms with Crippen LogP contribution >= 0.6 is 0 Å². The van der Waals surface area contributed by atoms with Crippen LogP contribution in [0.2, 0.25) is 0 Å². The summed E-state index contributed by atoms with van der Waals surface area (Å²) in [5, 5.41) is 0. The smallest absolute Gasteiger partial charge is 0.340 e. The number of ether oxygens (including phenoxy) is 1. The summed E-state index contributed by atoms with van der Waals surface area (Å²) in [6, 6.07) is 3.10. The Kier molecular flexibility index (Phi) is 4.34. The Morgan fingerprint density at radius 3 is 2.50 bits per heavy atom. The summed E-state index contributed by atoms with van der Waals surface area (Å²) < 4.78 is 27.4. The highest BCUT2D eigenvalue weighted by Gasteiger charge is 2.16. The van der Waals surface area contributed by atoms with E-state index in [-0.39, 0.29) is 23.6 Å². The number of anilines is 1. The maximum atomic E-state index is 11.6. The van der Waals surface area contributed by atoms with Crippen molar-refractivity contribution in [2.75, 3.05) is 18.6 Å². The lowest BCUT2D eigenvalue weighted by molar-refractivity contribution is 0.0527. The number of esters is 1. The van der Waals surface area contributed by atoms with Crippen LogP contribution in [0.5, 0.6) is 0 Å².